The molecule has 2 N–H and O–H groups in total. The number of carboxylic acid groups (broad SMARTS) is 1. The van der Waals surface area contributed by atoms with Crippen molar-refractivity contribution >= 4 is 39.6 Å². The zero-order valence-electron chi connectivity index (χ0n) is 11.1. The van der Waals surface area contributed by atoms with E-state index in [0.29, 0.717) is 21.2 Å². The first-order valence-corrected chi connectivity index (χ1v) is 7.41. The Morgan fingerprint density at radius 2 is 2.05 bits per heavy atom. The first kappa shape index (κ1) is 14.5. The summed E-state index contributed by atoms with van der Waals surface area (Å²) in [5.41, 5.74) is 0.826. The minimum absolute atomic E-state index is 0.149. The fourth-order valence-corrected chi connectivity index (χ4v) is 3.56. The number of methoxy groups -OCH3 is 1. The van der Waals surface area contributed by atoms with E-state index in [-0.39, 0.29) is 11.5 Å². The number of hydrogen-bond donors (Lipinski definition) is 2. The number of aryl methyl sites for hydroxylation is 1. The van der Waals surface area contributed by atoms with E-state index in [9.17, 15) is 14.7 Å². The SMILES string of the molecule is COc1ccsc1C(=O)Nc1sc(C)c(C)c1C(=O)O. The van der Waals surface area contributed by atoms with Crippen LogP contribution in [0.15, 0.2) is 11.4 Å². The van der Waals surface area contributed by atoms with Crippen LogP contribution >= 0.6 is 22.7 Å². The number of carboxylic acids is 1. The van der Waals surface area contributed by atoms with Crippen LogP contribution in [0.3, 0.4) is 0 Å². The molecular formula is C13H13NO4S2. The molecule has 1 amide bonds. The second kappa shape index (κ2) is 5.64. The average molecular weight is 311 g/mol. The highest BCUT2D eigenvalue weighted by Crippen LogP contribution is 2.34. The monoisotopic (exact) mass is 311 g/mol. The molecule has 0 radical (unpaired) electrons. The van der Waals surface area contributed by atoms with Crippen LogP contribution in [0.5, 0.6) is 5.75 Å². The molecule has 2 aromatic heterocycles. The van der Waals surface area contributed by atoms with Gasteiger partial charge in [0.2, 0.25) is 0 Å². The standard InChI is InChI=1S/C13H13NO4S2/c1-6-7(2)20-12(9(6)13(16)17)14-11(15)10-8(18-3)4-5-19-10/h4-5H,1-3H3,(H,14,15)(H,16,17). The van der Waals surface area contributed by atoms with Gasteiger partial charge in [0, 0.05) is 4.88 Å². The summed E-state index contributed by atoms with van der Waals surface area (Å²) in [5, 5.41) is 14.0. The highest BCUT2D eigenvalue weighted by atomic mass is 32.1. The van der Waals surface area contributed by atoms with Gasteiger partial charge in [-0.2, -0.15) is 0 Å². The molecule has 0 saturated heterocycles. The number of hydrogen-bond acceptors (Lipinski definition) is 5. The van der Waals surface area contributed by atoms with Crippen LogP contribution in [0.1, 0.15) is 30.5 Å². The molecule has 0 aliphatic carbocycles. The molecule has 2 heterocycles. The van der Waals surface area contributed by atoms with Crippen LogP contribution in [-0.2, 0) is 0 Å². The summed E-state index contributed by atoms with van der Waals surface area (Å²) < 4.78 is 5.09. The molecule has 0 atom stereocenters. The van der Waals surface area contributed by atoms with Gasteiger partial charge in [-0.3, -0.25) is 4.79 Å². The van der Waals surface area contributed by atoms with E-state index in [1.807, 2.05) is 6.92 Å². The van der Waals surface area contributed by atoms with Crippen molar-refractivity contribution in [1.82, 2.24) is 0 Å². The minimum atomic E-state index is -1.04. The van der Waals surface area contributed by atoms with Crippen molar-refractivity contribution in [3.05, 3.63) is 32.3 Å². The van der Waals surface area contributed by atoms with Gasteiger partial charge in [-0.05, 0) is 30.9 Å². The molecule has 5 nitrogen and oxygen atoms in total. The van der Waals surface area contributed by atoms with Gasteiger partial charge >= 0.3 is 5.97 Å². The smallest absolute Gasteiger partial charge is 0.338 e. The zero-order valence-corrected chi connectivity index (χ0v) is 12.8. The highest BCUT2D eigenvalue weighted by Gasteiger charge is 2.22. The lowest BCUT2D eigenvalue weighted by molar-refractivity contribution is 0.0697. The third-order valence-corrected chi connectivity index (χ3v) is 4.90. The largest absolute Gasteiger partial charge is 0.495 e. The molecule has 2 rings (SSSR count). The average Bonchev–Trinajstić information content (AvgIpc) is 2.95. The second-order valence-electron chi connectivity index (χ2n) is 4.06. The highest BCUT2D eigenvalue weighted by molar-refractivity contribution is 7.17. The lowest BCUT2D eigenvalue weighted by Crippen LogP contribution is -2.13. The Morgan fingerprint density at radius 1 is 1.35 bits per heavy atom. The van der Waals surface area contributed by atoms with Gasteiger partial charge in [0.1, 0.15) is 15.6 Å². The second-order valence-corrected chi connectivity index (χ2v) is 6.21. The molecule has 20 heavy (non-hydrogen) atoms. The van der Waals surface area contributed by atoms with Crippen LogP contribution < -0.4 is 10.1 Å². The van der Waals surface area contributed by atoms with Crippen molar-refractivity contribution in [1.29, 1.82) is 0 Å². The third-order valence-electron chi connectivity index (χ3n) is 2.88. The van der Waals surface area contributed by atoms with Crippen LogP contribution in [-0.4, -0.2) is 24.1 Å². The summed E-state index contributed by atoms with van der Waals surface area (Å²) >= 11 is 2.51. The summed E-state index contributed by atoms with van der Waals surface area (Å²) in [4.78, 5) is 24.8. The number of nitrogens with one attached hydrogen (secondary N) is 1. The molecule has 0 aromatic carbocycles. The van der Waals surface area contributed by atoms with E-state index in [1.165, 1.54) is 29.8 Å². The van der Waals surface area contributed by atoms with Gasteiger partial charge in [0.15, 0.2) is 0 Å². The Bertz CT molecular complexity index is 672. The Hall–Kier alpha value is -1.86. The minimum Gasteiger partial charge on any atom is -0.495 e. The number of thiophene rings is 2. The predicted octanol–water partition coefficient (Wildman–Crippen LogP) is 3.39. The van der Waals surface area contributed by atoms with E-state index in [1.54, 1.807) is 18.4 Å². The summed E-state index contributed by atoms with van der Waals surface area (Å²) in [6.45, 7) is 3.56. The number of carbonyl (C=O) groups is 2. The molecule has 0 aliphatic rings. The fraction of sp³-hybridized carbons (Fsp3) is 0.231. The lowest BCUT2D eigenvalue weighted by Gasteiger charge is -2.05. The van der Waals surface area contributed by atoms with Crippen LogP contribution in [0.2, 0.25) is 0 Å². The van der Waals surface area contributed by atoms with Gasteiger partial charge in [-0.1, -0.05) is 0 Å². The number of ether oxygens (including phenoxy) is 1. The summed E-state index contributed by atoms with van der Waals surface area (Å²) in [7, 11) is 1.49. The number of rotatable bonds is 4. The fourth-order valence-electron chi connectivity index (χ4n) is 1.76. The van der Waals surface area contributed by atoms with Crippen molar-refractivity contribution in [2.75, 3.05) is 12.4 Å². The summed E-state index contributed by atoms with van der Waals surface area (Å²) in [6, 6.07) is 1.70. The van der Waals surface area contributed by atoms with E-state index in [0.717, 1.165) is 4.88 Å². The van der Waals surface area contributed by atoms with E-state index >= 15 is 0 Å². The maximum absolute atomic E-state index is 12.2. The van der Waals surface area contributed by atoms with Crippen LogP contribution in [0, 0.1) is 13.8 Å². The van der Waals surface area contributed by atoms with Gasteiger partial charge < -0.3 is 15.2 Å². The maximum Gasteiger partial charge on any atom is 0.338 e. The number of aromatic carboxylic acids is 1. The molecule has 0 bridgehead atoms. The first-order valence-electron chi connectivity index (χ1n) is 5.71. The van der Waals surface area contributed by atoms with Crippen LogP contribution in [0.25, 0.3) is 0 Å². The van der Waals surface area contributed by atoms with Crippen molar-refractivity contribution in [2.24, 2.45) is 0 Å². The van der Waals surface area contributed by atoms with E-state index in [4.69, 9.17) is 4.74 Å². The number of amides is 1. The predicted molar refractivity (Wildman–Crippen MR) is 79.6 cm³/mol. The molecule has 0 saturated carbocycles. The number of carbonyl (C=O) groups excluding carboxylic acids is 1. The quantitative estimate of drug-likeness (QED) is 0.907. The zero-order chi connectivity index (χ0) is 14.9. The molecule has 7 heteroatoms. The Labute approximate surface area is 123 Å². The van der Waals surface area contributed by atoms with E-state index < -0.39 is 5.97 Å². The normalized spacial score (nSPS) is 10.3. The maximum atomic E-state index is 12.2. The van der Waals surface area contributed by atoms with E-state index in [2.05, 4.69) is 5.32 Å². The van der Waals surface area contributed by atoms with Gasteiger partial charge in [0.25, 0.3) is 5.91 Å². The Balaban J connectivity index is 2.33. The topological polar surface area (TPSA) is 75.6 Å². The molecule has 106 valence electrons. The molecule has 2 aromatic rings. The molecule has 0 aliphatic heterocycles. The lowest BCUT2D eigenvalue weighted by atomic mass is 10.1. The molecular weight excluding hydrogens is 298 g/mol. The molecule has 0 fully saturated rings. The number of anilines is 1. The van der Waals surface area contributed by atoms with Crippen molar-refractivity contribution in [3.63, 3.8) is 0 Å². The molecule has 0 spiro atoms. The van der Waals surface area contributed by atoms with Crippen molar-refractivity contribution < 1.29 is 19.4 Å². The summed E-state index contributed by atoms with van der Waals surface area (Å²) in [6.07, 6.45) is 0. The Kier molecular flexibility index (Phi) is 4.10. The van der Waals surface area contributed by atoms with Gasteiger partial charge in [-0.25, -0.2) is 4.79 Å². The van der Waals surface area contributed by atoms with Crippen LogP contribution in [0.4, 0.5) is 5.00 Å². The third kappa shape index (κ3) is 2.54. The van der Waals surface area contributed by atoms with Gasteiger partial charge in [-0.15, -0.1) is 22.7 Å². The van der Waals surface area contributed by atoms with Crippen molar-refractivity contribution in [2.45, 2.75) is 13.8 Å². The van der Waals surface area contributed by atoms with Crippen molar-refractivity contribution in [3.8, 4) is 5.75 Å². The molecule has 0 unspecified atom stereocenters. The first-order chi connectivity index (χ1) is 9.45. The van der Waals surface area contributed by atoms with Gasteiger partial charge in [0.05, 0.1) is 12.7 Å². The summed E-state index contributed by atoms with van der Waals surface area (Å²) in [5.74, 6) is -0.921. The Morgan fingerprint density at radius 3 is 2.65 bits per heavy atom.